The van der Waals surface area contributed by atoms with Gasteiger partial charge in [0.05, 0.1) is 12.6 Å². The number of nitrogens with one attached hydrogen (secondary N) is 1. The van der Waals surface area contributed by atoms with Crippen LogP contribution in [0.2, 0.25) is 18.1 Å². The Bertz CT molecular complexity index is 463. The van der Waals surface area contributed by atoms with Gasteiger partial charge in [-0.15, -0.1) is 0 Å². The standard InChI is InChI=1S/C18H33NO3Si/c1-13(2)10-11-19-14-8-9-15-16(22-17(14)21-15)12-20-23(6,7)18(3,4)5/h8-10,14-17,19H,11-12H2,1-7H3/t14-,15+,16-,17+/m1/s1. The molecule has 4 atom stereocenters. The van der Waals surface area contributed by atoms with Crippen LogP contribution in [0.25, 0.3) is 0 Å². The first kappa shape index (κ1) is 18.9. The van der Waals surface area contributed by atoms with Gasteiger partial charge in [-0.2, -0.15) is 0 Å². The highest BCUT2D eigenvalue weighted by molar-refractivity contribution is 6.74. The summed E-state index contributed by atoms with van der Waals surface area (Å²) in [6.45, 7) is 17.0. The Kier molecular flexibility index (Phi) is 5.90. The van der Waals surface area contributed by atoms with Gasteiger partial charge in [-0.3, -0.25) is 0 Å². The minimum atomic E-state index is -1.75. The van der Waals surface area contributed by atoms with Crippen LogP contribution in [-0.4, -0.2) is 46.0 Å². The largest absolute Gasteiger partial charge is 0.414 e. The number of rotatable bonds is 6. The van der Waals surface area contributed by atoms with E-state index in [1.807, 2.05) is 0 Å². The van der Waals surface area contributed by atoms with Gasteiger partial charge in [0.15, 0.2) is 14.6 Å². The molecule has 4 nitrogen and oxygen atoms in total. The molecule has 2 bridgehead atoms. The molecule has 1 N–H and O–H groups in total. The van der Waals surface area contributed by atoms with Crippen molar-refractivity contribution in [2.75, 3.05) is 13.2 Å². The predicted octanol–water partition coefficient (Wildman–Crippen LogP) is 3.61. The lowest BCUT2D eigenvalue weighted by Gasteiger charge is -2.37. The lowest BCUT2D eigenvalue weighted by molar-refractivity contribution is -0.0829. The molecule has 23 heavy (non-hydrogen) atoms. The molecule has 2 aliphatic heterocycles. The molecule has 1 fully saturated rings. The van der Waals surface area contributed by atoms with E-state index in [1.165, 1.54) is 5.57 Å². The lowest BCUT2D eigenvalue weighted by Crippen LogP contribution is -2.43. The number of hydrogen-bond acceptors (Lipinski definition) is 4. The number of hydrogen-bond donors (Lipinski definition) is 1. The molecule has 1 saturated heterocycles. The van der Waals surface area contributed by atoms with E-state index >= 15 is 0 Å². The van der Waals surface area contributed by atoms with Crippen LogP contribution in [0.4, 0.5) is 0 Å². The maximum absolute atomic E-state index is 6.30. The first-order valence-corrected chi connectivity index (χ1v) is 11.5. The number of ether oxygens (including phenoxy) is 2. The van der Waals surface area contributed by atoms with E-state index in [1.54, 1.807) is 0 Å². The monoisotopic (exact) mass is 339 g/mol. The third-order valence-electron chi connectivity index (χ3n) is 5.05. The molecule has 0 amide bonds. The molecule has 2 rings (SSSR count). The van der Waals surface area contributed by atoms with Crippen LogP contribution in [0.3, 0.4) is 0 Å². The van der Waals surface area contributed by atoms with Crippen LogP contribution < -0.4 is 5.32 Å². The molecular weight excluding hydrogens is 306 g/mol. The molecule has 0 aromatic heterocycles. The van der Waals surface area contributed by atoms with E-state index in [0.29, 0.717) is 6.61 Å². The van der Waals surface area contributed by atoms with Gasteiger partial charge < -0.3 is 19.2 Å². The summed E-state index contributed by atoms with van der Waals surface area (Å²) in [5.74, 6) is 0. The van der Waals surface area contributed by atoms with Crippen molar-refractivity contribution in [1.82, 2.24) is 5.32 Å². The van der Waals surface area contributed by atoms with Gasteiger partial charge in [-0.25, -0.2) is 0 Å². The molecule has 0 saturated carbocycles. The molecule has 0 aromatic carbocycles. The fraction of sp³-hybridized carbons (Fsp3) is 0.778. The summed E-state index contributed by atoms with van der Waals surface area (Å²) in [4.78, 5) is 0. The average molecular weight is 340 g/mol. The van der Waals surface area contributed by atoms with Gasteiger partial charge in [0.2, 0.25) is 0 Å². The molecule has 0 unspecified atom stereocenters. The van der Waals surface area contributed by atoms with Crippen molar-refractivity contribution in [2.45, 2.75) is 77.3 Å². The molecule has 0 aromatic rings. The fourth-order valence-electron chi connectivity index (χ4n) is 2.39. The summed E-state index contributed by atoms with van der Waals surface area (Å²) in [5.41, 5.74) is 1.31. The van der Waals surface area contributed by atoms with Crippen LogP contribution in [-0.2, 0) is 13.9 Å². The zero-order valence-corrected chi connectivity index (χ0v) is 16.7. The van der Waals surface area contributed by atoms with Gasteiger partial charge >= 0.3 is 0 Å². The summed E-state index contributed by atoms with van der Waals surface area (Å²) in [6, 6.07) is 0.111. The Morgan fingerprint density at radius 1 is 1.22 bits per heavy atom. The average Bonchev–Trinajstić information content (AvgIpc) is 2.75. The van der Waals surface area contributed by atoms with E-state index in [4.69, 9.17) is 13.9 Å². The second-order valence-corrected chi connectivity index (χ2v) is 13.1. The fourth-order valence-corrected chi connectivity index (χ4v) is 3.40. The maximum Gasteiger partial charge on any atom is 0.192 e. The Morgan fingerprint density at radius 3 is 2.52 bits per heavy atom. The van der Waals surface area contributed by atoms with E-state index in [-0.39, 0.29) is 29.6 Å². The first-order valence-electron chi connectivity index (χ1n) is 8.60. The van der Waals surface area contributed by atoms with Gasteiger partial charge in [-0.1, -0.05) is 44.6 Å². The summed E-state index contributed by atoms with van der Waals surface area (Å²) >= 11 is 0. The highest BCUT2D eigenvalue weighted by atomic mass is 28.4. The highest BCUT2D eigenvalue weighted by Gasteiger charge is 2.43. The molecular formula is C18H33NO3Si. The second kappa shape index (κ2) is 7.19. The Balaban J connectivity index is 1.86. The summed E-state index contributed by atoms with van der Waals surface area (Å²) in [6.07, 6.45) is 6.27. The van der Waals surface area contributed by atoms with Crippen LogP contribution in [0.15, 0.2) is 23.8 Å². The highest BCUT2D eigenvalue weighted by Crippen LogP contribution is 2.37. The second-order valence-electron chi connectivity index (χ2n) is 8.32. The molecule has 0 aliphatic carbocycles. The van der Waals surface area contributed by atoms with Gasteiger partial charge in [0.1, 0.15) is 12.2 Å². The smallest absolute Gasteiger partial charge is 0.192 e. The number of allylic oxidation sites excluding steroid dienone is 1. The minimum Gasteiger partial charge on any atom is -0.414 e. The predicted molar refractivity (Wildman–Crippen MR) is 97.0 cm³/mol. The van der Waals surface area contributed by atoms with E-state index in [9.17, 15) is 0 Å². The quantitative estimate of drug-likeness (QED) is 0.593. The van der Waals surface area contributed by atoms with Crippen LogP contribution in [0, 0.1) is 0 Å². The van der Waals surface area contributed by atoms with Gasteiger partial charge in [-0.05, 0) is 32.0 Å². The zero-order chi connectivity index (χ0) is 17.3. The lowest BCUT2D eigenvalue weighted by atomic mass is 10.1. The Labute approximate surface area is 142 Å². The van der Waals surface area contributed by atoms with Crippen molar-refractivity contribution >= 4 is 8.32 Å². The van der Waals surface area contributed by atoms with Crippen LogP contribution in [0.5, 0.6) is 0 Å². The van der Waals surface area contributed by atoms with E-state index < -0.39 is 8.32 Å². The van der Waals surface area contributed by atoms with Crippen molar-refractivity contribution in [3.05, 3.63) is 23.8 Å². The third-order valence-corrected chi connectivity index (χ3v) is 9.55. The first-order chi connectivity index (χ1) is 10.6. The van der Waals surface area contributed by atoms with Gasteiger partial charge in [0, 0.05) is 6.54 Å². The molecule has 0 radical (unpaired) electrons. The van der Waals surface area contributed by atoms with Crippen molar-refractivity contribution < 1.29 is 13.9 Å². The molecule has 132 valence electrons. The molecule has 2 heterocycles. The summed E-state index contributed by atoms with van der Waals surface area (Å²) in [7, 11) is -1.75. The van der Waals surface area contributed by atoms with E-state index in [2.05, 4.69) is 71.3 Å². The summed E-state index contributed by atoms with van der Waals surface area (Å²) in [5, 5.41) is 3.67. The van der Waals surface area contributed by atoms with Crippen LogP contribution in [0.1, 0.15) is 34.6 Å². The maximum atomic E-state index is 6.30. The van der Waals surface area contributed by atoms with Crippen molar-refractivity contribution in [2.24, 2.45) is 0 Å². The zero-order valence-electron chi connectivity index (χ0n) is 15.7. The topological polar surface area (TPSA) is 39.7 Å². The summed E-state index contributed by atoms with van der Waals surface area (Å²) < 4.78 is 18.4. The van der Waals surface area contributed by atoms with Crippen LogP contribution >= 0.6 is 0 Å². The van der Waals surface area contributed by atoms with Crippen molar-refractivity contribution in [3.8, 4) is 0 Å². The molecule has 0 spiro atoms. The van der Waals surface area contributed by atoms with Gasteiger partial charge in [0.25, 0.3) is 0 Å². The Hall–Kier alpha value is -0.463. The molecule has 2 aliphatic rings. The Morgan fingerprint density at radius 2 is 1.91 bits per heavy atom. The normalized spacial score (nSPS) is 30.6. The van der Waals surface area contributed by atoms with E-state index in [0.717, 1.165) is 6.54 Å². The van der Waals surface area contributed by atoms with Crippen molar-refractivity contribution in [1.29, 1.82) is 0 Å². The minimum absolute atomic E-state index is 0.000582. The SMILES string of the molecule is CC(C)=CCN[C@@H]1C=C[C@@H]2O[C@H]1O[C@@H]2CO[Si](C)(C)C(C)(C)C. The third kappa shape index (κ3) is 4.76. The molecule has 5 heteroatoms. The van der Waals surface area contributed by atoms with Crippen molar-refractivity contribution in [3.63, 3.8) is 0 Å². The number of fused-ring (bicyclic) bond motifs is 2.